The second kappa shape index (κ2) is 3.68. The van der Waals surface area contributed by atoms with E-state index in [0.717, 1.165) is 11.0 Å². The van der Waals surface area contributed by atoms with E-state index in [1.807, 2.05) is 4.57 Å². The summed E-state index contributed by atoms with van der Waals surface area (Å²) in [6, 6.07) is 5.53. The fourth-order valence-corrected chi connectivity index (χ4v) is 1.62. The van der Waals surface area contributed by atoms with Crippen LogP contribution in [-0.2, 0) is 0 Å². The van der Waals surface area contributed by atoms with Crippen LogP contribution in [0.25, 0.3) is 11.0 Å². The highest BCUT2D eigenvalue weighted by Gasteiger charge is 2.13. The van der Waals surface area contributed by atoms with Gasteiger partial charge < -0.3 is 14.6 Å². The first kappa shape index (κ1) is 10.2. The van der Waals surface area contributed by atoms with E-state index in [4.69, 9.17) is 10.0 Å². The van der Waals surface area contributed by atoms with Crippen LogP contribution in [0, 0.1) is 0 Å². The third-order valence-electron chi connectivity index (χ3n) is 2.45. The number of fused-ring (bicyclic) bond motifs is 1. The van der Waals surface area contributed by atoms with Crippen LogP contribution in [0.4, 0.5) is 0 Å². The molecule has 0 spiro atoms. The summed E-state index contributed by atoms with van der Waals surface area (Å²) >= 11 is 0. The smallest absolute Gasteiger partial charge is 0.423 e. The lowest BCUT2D eigenvalue weighted by Crippen LogP contribution is -2.29. The van der Waals surface area contributed by atoms with E-state index in [1.54, 1.807) is 24.5 Å². The molecule has 0 aliphatic heterocycles. The van der Waals surface area contributed by atoms with Crippen molar-refractivity contribution < 1.29 is 10.0 Å². The largest absolute Gasteiger partial charge is 0.488 e. The summed E-state index contributed by atoms with van der Waals surface area (Å²) in [6.45, 7) is 4.12. The van der Waals surface area contributed by atoms with Crippen molar-refractivity contribution in [2.75, 3.05) is 0 Å². The summed E-state index contributed by atoms with van der Waals surface area (Å²) in [4.78, 5) is 4.24. The highest BCUT2D eigenvalue weighted by Crippen LogP contribution is 2.15. The minimum Gasteiger partial charge on any atom is -0.423 e. The molecule has 78 valence electrons. The first-order chi connectivity index (χ1) is 7.09. The Kier molecular flexibility index (Phi) is 2.50. The van der Waals surface area contributed by atoms with Crippen molar-refractivity contribution in [1.29, 1.82) is 0 Å². The Hall–Kier alpha value is -1.33. The third kappa shape index (κ3) is 1.76. The normalized spacial score (nSPS) is 11.3. The van der Waals surface area contributed by atoms with E-state index < -0.39 is 7.12 Å². The summed E-state index contributed by atoms with van der Waals surface area (Å²) < 4.78 is 2.00. The molecule has 0 fully saturated rings. The highest BCUT2D eigenvalue weighted by atomic mass is 16.4. The number of aromatic nitrogens is 2. The molecule has 2 N–H and O–H groups in total. The molecule has 2 rings (SSSR count). The number of hydrogen-bond donors (Lipinski definition) is 2. The quantitative estimate of drug-likeness (QED) is 0.691. The molecule has 0 saturated heterocycles. The molecule has 0 aliphatic rings. The Morgan fingerprint density at radius 3 is 2.67 bits per heavy atom. The van der Waals surface area contributed by atoms with Crippen LogP contribution < -0.4 is 5.46 Å². The van der Waals surface area contributed by atoms with Gasteiger partial charge in [-0.15, -0.1) is 0 Å². The minimum atomic E-state index is -1.43. The Morgan fingerprint density at radius 1 is 1.33 bits per heavy atom. The lowest BCUT2D eigenvalue weighted by atomic mass is 9.80. The molecule has 0 amide bonds. The Bertz CT molecular complexity index is 479. The summed E-state index contributed by atoms with van der Waals surface area (Å²) in [5, 5.41) is 18.2. The Balaban J connectivity index is 2.61. The molecule has 1 aromatic carbocycles. The molecule has 4 nitrogen and oxygen atoms in total. The monoisotopic (exact) mass is 204 g/mol. The number of imidazole rings is 1. The molecule has 2 aromatic rings. The highest BCUT2D eigenvalue weighted by molar-refractivity contribution is 6.58. The molecule has 0 saturated carbocycles. The van der Waals surface area contributed by atoms with Gasteiger partial charge in [0.15, 0.2) is 0 Å². The van der Waals surface area contributed by atoms with Crippen molar-refractivity contribution in [3.63, 3.8) is 0 Å². The van der Waals surface area contributed by atoms with Gasteiger partial charge in [-0.05, 0) is 31.4 Å². The summed E-state index contributed by atoms with van der Waals surface area (Å²) in [5.74, 6) is 0. The van der Waals surface area contributed by atoms with Crippen molar-refractivity contribution >= 4 is 23.6 Å². The van der Waals surface area contributed by atoms with Gasteiger partial charge in [0.05, 0.1) is 17.4 Å². The third-order valence-corrected chi connectivity index (χ3v) is 2.45. The molecule has 0 unspecified atom stereocenters. The number of rotatable bonds is 2. The van der Waals surface area contributed by atoms with Crippen molar-refractivity contribution in [3.05, 3.63) is 24.5 Å². The average Bonchev–Trinajstić information content (AvgIpc) is 2.59. The SMILES string of the molecule is CC(C)n1cnc2ccc(B(O)O)cc21. The van der Waals surface area contributed by atoms with E-state index in [-0.39, 0.29) is 0 Å². The molecule has 15 heavy (non-hydrogen) atoms. The molecule has 0 atom stereocenters. The van der Waals surface area contributed by atoms with E-state index in [9.17, 15) is 0 Å². The summed E-state index contributed by atoms with van der Waals surface area (Å²) in [7, 11) is -1.43. The van der Waals surface area contributed by atoms with Gasteiger partial charge >= 0.3 is 7.12 Å². The van der Waals surface area contributed by atoms with Crippen molar-refractivity contribution in [2.24, 2.45) is 0 Å². The van der Waals surface area contributed by atoms with Crippen LogP contribution in [0.15, 0.2) is 24.5 Å². The predicted molar refractivity (Wildman–Crippen MR) is 59.9 cm³/mol. The summed E-state index contributed by atoms with van der Waals surface area (Å²) in [6.07, 6.45) is 1.77. The molecular weight excluding hydrogens is 191 g/mol. The second-order valence-corrected chi connectivity index (χ2v) is 3.87. The minimum absolute atomic E-state index is 0.307. The standard InChI is InChI=1S/C10H13BN2O2/c1-7(2)13-6-12-9-4-3-8(11(14)15)5-10(9)13/h3-7,14-15H,1-2H3. The first-order valence-corrected chi connectivity index (χ1v) is 4.92. The van der Waals surface area contributed by atoms with Gasteiger partial charge in [0.2, 0.25) is 0 Å². The molecule has 0 bridgehead atoms. The van der Waals surface area contributed by atoms with Gasteiger partial charge in [-0.25, -0.2) is 4.98 Å². The maximum absolute atomic E-state index is 9.08. The van der Waals surface area contributed by atoms with E-state index in [1.165, 1.54) is 0 Å². The van der Waals surface area contributed by atoms with Crippen LogP contribution in [0.3, 0.4) is 0 Å². The van der Waals surface area contributed by atoms with Crippen LogP contribution >= 0.6 is 0 Å². The topological polar surface area (TPSA) is 58.3 Å². The maximum atomic E-state index is 9.08. The lowest BCUT2D eigenvalue weighted by Gasteiger charge is -2.08. The zero-order chi connectivity index (χ0) is 11.0. The number of benzene rings is 1. The number of hydrogen-bond acceptors (Lipinski definition) is 3. The van der Waals surface area contributed by atoms with E-state index in [2.05, 4.69) is 18.8 Å². The van der Waals surface area contributed by atoms with Gasteiger partial charge in [-0.3, -0.25) is 0 Å². The fraction of sp³-hybridized carbons (Fsp3) is 0.300. The van der Waals surface area contributed by atoms with E-state index >= 15 is 0 Å². The zero-order valence-corrected chi connectivity index (χ0v) is 8.75. The van der Waals surface area contributed by atoms with Crippen LogP contribution in [0.2, 0.25) is 0 Å². The van der Waals surface area contributed by atoms with Crippen molar-refractivity contribution in [2.45, 2.75) is 19.9 Å². The maximum Gasteiger partial charge on any atom is 0.488 e. The molecule has 0 aliphatic carbocycles. The molecule has 5 heteroatoms. The number of nitrogens with zero attached hydrogens (tertiary/aromatic N) is 2. The molecular formula is C10H13BN2O2. The Labute approximate surface area is 88.3 Å². The van der Waals surface area contributed by atoms with Gasteiger partial charge in [-0.1, -0.05) is 6.07 Å². The zero-order valence-electron chi connectivity index (χ0n) is 8.75. The molecule has 0 radical (unpaired) electrons. The average molecular weight is 204 g/mol. The van der Waals surface area contributed by atoms with Gasteiger partial charge in [0, 0.05) is 6.04 Å². The molecule has 1 aromatic heterocycles. The lowest BCUT2D eigenvalue weighted by molar-refractivity contribution is 0.426. The second-order valence-electron chi connectivity index (χ2n) is 3.87. The first-order valence-electron chi connectivity index (χ1n) is 4.92. The van der Waals surface area contributed by atoms with Crippen LogP contribution in [0.5, 0.6) is 0 Å². The predicted octanol–water partition coefficient (Wildman–Crippen LogP) is 0.297. The van der Waals surface area contributed by atoms with Crippen molar-refractivity contribution in [3.8, 4) is 0 Å². The van der Waals surface area contributed by atoms with Gasteiger partial charge in [0.25, 0.3) is 0 Å². The fourth-order valence-electron chi connectivity index (χ4n) is 1.62. The van der Waals surface area contributed by atoms with Gasteiger partial charge in [0.1, 0.15) is 0 Å². The van der Waals surface area contributed by atoms with E-state index in [0.29, 0.717) is 11.5 Å². The van der Waals surface area contributed by atoms with Gasteiger partial charge in [-0.2, -0.15) is 0 Å². The van der Waals surface area contributed by atoms with Crippen molar-refractivity contribution in [1.82, 2.24) is 9.55 Å². The molecule has 1 heterocycles. The van der Waals surface area contributed by atoms with Crippen LogP contribution in [-0.4, -0.2) is 26.7 Å². The summed E-state index contributed by atoms with van der Waals surface area (Å²) in [5.41, 5.74) is 2.29. The van der Waals surface area contributed by atoms with Crippen LogP contribution in [0.1, 0.15) is 19.9 Å². The Morgan fingerprint density at radius 2 is 2.07 bits per heavy atom.